The highest BCUT2D eigenvalue weighted by Crippen LogP contribution is 2.26. The van der Waals surface area contributed by atoms with Gasteiger partial charge in [-0.3, -0.25) is 4.79 Å². The average Bonchev–Trinajstić information content (AvgIpc) is 3.18. The van der Waals surface area contributed by atoms with E-state index in [0.717, 1.165) is 10.2 Å². The fourth-order valence-electron chi connectivity index (χ4n) is 2.53. The van der Waals surface area contributed by atoms with Gasteiger partial charge in [0, 0.05) is 0 Å². The molecule has 6 heteroatoms. The number of benzene rings is 2. The quantitative estimate of drug-likeness (QED) is 0.338. The van der Waals surface area contributed by atoms with Gasteiger partial charge >= 0.3 is 0 Å². The minimum absolute atomic E-state index is 0.210. The van der Waals surface area contributed by atoms with Crippen LogP contribution in [0.2, 0.25) is 0 Å². The topological polar surface area (TPSA) is 57.9 Å². The predicted octanol–water partition coefficient (Wildman–Crippen LogP) is 5.53. The normalized spacial score (nSPS) is 10.8. The van der Waals surface area contributed by atoms with Gasteiger partial charge in [0.05, 0.1) is 24.3 Å². The molecular formula is C22H19BrO5. The number of allylic oxidation sites excluding steroid dienone is 1. The zero-order valence-corrected chi connectivity index (χ0v) is 17.1. The molecule has 0 saturated heterocycles. The lowest BCUT2D eigenvalue weighted by Crippen LogP contribution is -1.99. The molecule has 0 aliphatic rings. The number of hydrogen-bond acceptors (Lipinski definition) is 5. The van der Waals surface area contributed by atoms with Crippen molar-refractivity contribution < 1.29 is 23.4 Å². The van der Waals surface area contributed by atoms with Crippen molar-refractivity contribution in [2.75, 3.05) is 14.2 Å². The monoisotopic (exact) mass is 442 g/mol. The largest absolute Gasteiger partial charge is 0.497 e. The number of halogens is 1. The summed E-state index contributed by atoms with van der Waals surface area (Å²) < 4.78 is 22.7. The lowest BCUT2D eigenvalue weighted by molar-refractivity contribution is 0.104. The third-order valence-corrected chi connectivity index (χ3v) is 4.62. The molecule has 1 aromatic heterocycles. The van der Waals surface area contributed by atoms with Gasteiger partial charge in [0.25, 0.3) is 0 Å². The highest BCUT2D eigenvalue weighted by molar-refractivity contribution is 9.10. The molecule has 0 amide bonds. The average molecular weight is 443 g/mol. The van der Waals surface area contributed by atoms with Crippen LogP contribution in [0, 0.1) is 0 Å². The van der Waals surface area contributed by atoms with Crippen LogP contribution in [0.25, 0.3) is 6.08 Å². The van der Waals surface area contributed by atoms with Gasteiger partial charge in [-0.25, -0.2) is 0 Å². The molecule has 0 aliphatic heterocycles. The van der Waals surface area contributed by atoms with E-state index in [9.17, 15) is 4.79 Å². The van der Waals surface area contributed by atoms with Gasteiger partial charge in [-0.15, -0.1) is 0 Å². The minimum Gasteiger partial charge on any atom is -0.497 e. The summed E-state index contributed by atoms with van der Waals surface area (Å²) >= 11 is 3.44. The molecule has 144 valence electrons. The Morgan fingerprint density at radius 2 is 1.86 bits per heavy atom. The first kappa shape index (κ1) is 19.8. The smallest absolute Gasteiger partial charge is 0.189 e. The molecule has 0 bridgehead atoms. The number of rotatable bonds is 8. The number of ether oxygens (including phenoxy) is 3. The second-order valence-electron chi connectivity index (χ2n) is 5.79. The second kappa shape index (κ2) is 9.28. The fraction of sp³-hybridized carbons (Fsp3) is 0.136. The number of carbonyl (C=O) groups excluding carboxylic acids is 1. The third kappa shape index (κ3) is 4.84. The highest BCUT2D eigenvalue weighted by atomic mass is 79.9. The number of hydrogen-bond donors (Lipinski definition) is 0. The van der Waals surface area contributed by atoms with Crippen LogP contribution >= 0.6 is 15.9 Å². The van der Waals surface area contributed by atoms with Crippen LogP contribution in [-0.2, 0) is 6.61 Å². The van der Waals surface area contributed by atoms with Crippen molar-refractivity contribution in [2.45, 2.75) is 6.61 Å². The van der Waals surface area contributed by atoms with E-state index in [2.05, 4.69) is 15.9 Å². The van der Waals surface area contributed by atoms with Crippen LogP contribution in [0.1, 0.15) is 21.9 Å². The van der Waals surface area contributed by atoms with E-state index < -0.39 is 0 Å². The van der Waals surface area contributed by atoms with Gasteiger partial charge in [-0.2, -0.15) is 0 Å². The molecule has 0 fully saturated rings. The zero-order valence-electron chi connectivity index (χ0n) is 15.5. The number of para-hydroxylation sites is 1. The van der Waals surface area contributed by atoms with E-state index in [1.54, 1.807) is 37.5 Å². The summed E-state index contributed by atoms with van der Waals surface area (Å²) in [5, 5.41) is 0. The molecule has 28 heavy (non-hydrogen) atoms. The molecular weight excluding hydrogens is 424 g/mol. The van der Waals surface area contributed by atoms with Crippen LogP contribution < -0.4 is 14.2 Å². The Kier molecular flexibility index (Phi) is 6.55. The van der Waals surface area contributed by atoms with Crippen molar-refractivity contribution in [2.24, 2.45) is 0 Å². The van der Waals surface area contributed by atoms with E-state index in [4.69, 9.17) is 18.6 Å². The Labute approximate surface area is 171 Å². The minimum atomic E-state index is -0.210. The summed E-state index contributed by atoms with van der Waals surface area (Å²) in [6, 6.07) is 16.3. The van der Waals surface area contributed by atoms with Crippen LogP contribution in [0.15, 0.2) is 69.6 Å². The van der Waals surface area contributed by atoms with Crippen LogP contribution in [0.3, 0.4) is 0 Å². The Morgan fingerprint density at radius 3 is 2.61 bits per heavy atom. The molecule has 3 aromatic rings. The maximum Gasteiger partial charge on any atom is 0.189 e. The maximum atomic E-state index is 12.5. The van der Waals surface area contributed by atoms with Gasteiger partial charge in [0.15, 0.2) is 5.78 Å². The summed E-state index contributed by atoms with van der Waals surface area (Å²) in [5.41, 5.74) is 0.419. The summed E-state index contributed by atoms with van der Waals surface area (Å²) in [7, 11) is 3.07. The van der Waals surface area contributed by atoms with Gasteiger partial charge in [0.1, 0.15) is 35.4 Å². The number of carbonyl (C=O) groups is 1. The highest BCUT2D eigenvalue weighted by Gasteiger charge is 2.11. The predicted molar refractivity (Wildman–Crippen MR) is 110 cm³/mol. The lowest BCUT2D eigenvalue weighted by atomic mass is 10.1. The molecule has 0 spiro atoms. The molecule has 3 rings (SSSR count). The number of ketones is 1. The Balaban J connectivity index is 1.67. The van der Waals surface area contributed by atoms with Crippen LogP contribution in [0.5, 0.6) is 17.2 Å². The number of furan rings is 1. The molecule has 2 aromatic carbocycles. The van der Waals surface area contributed by atoms with E-state index in [0.29, 0.717) is 28.6 Å². The summed E-state index contributed by atoms with van der Waals surface area (Å²) in [4.78, 5) is 12.5. The summed E-state index contributed by atoms with van der Waals surface area (Å²) in [6.45, 7) is 0.286. The Bertz CT molecular complexity index is 990. The van der Waals surface area contributed by atoms with Crippen molar-refractivity contribution in [3.63, 3.8) is 0 Å². The van der Waals surface area contributed by atoms with E-state index >= 15 is 0 Å². The standard InChI is InChI=1S/C22H19BrO5/c1-25-16-10-12-21(26-2)18(13-16)20(24)11-9-15-7-8-17(28-15)14-27-22-6-4-3-5-19(22)23/h3-13H,14H2,1-2H3/b11-9+. The molecule has 0 unspecified atom stereocenters. The number of methoxy groups -OCH3 is 2. The first-order valence-electron chi connectivity index (χ1n) is 8.51. The lowest BCUT2D eigenvalue weighted by Gasteiger charge is -2.07. The van der Waals surface area contributed by atoms with E-state index in [1.165, 1.54) is 13.2 Å². The van der Waals surface area contributed by atoms with Crippen LogP contribution in [0.4, 0.5) is 0 Å². The molecule has 0 atom stereocenters. The first-order chi connectivity index (χ1) is 13.6. The SMILES string of the molecule is COc1ccc(OC)c(C(=O)/C=C/c2ccc(COc3ccccc3Br)o2)c1. The molecule has 1 heterocycles. The molecule has 0 aliphatic carbocycles. The second-order valence-corrected chi connectivity index (χ2v) is 6.64. The van der Waals surface area contributed by atoms with Crippen molar-refractivity contribution in [3.05, 3.63) is 82.2 Å². The maximum absolute atomic E-state index is 12.5. The van der Waals surface area contributed by atoms with Gasteiger partial charge in [-0.1, -0.05) is 12.1 Å². The molecule has 5 nitrogen and oxygen atoms in total. The molecule has 0 radical (unpaired) electrons. The zero-order chi connectivity index (χ0) is 19.9. The van der Waals surface area contributed by atoms with Crippen molar-refractivity contribution in [1.29, 1.82) is 0 Å². The van der Waals surface area contributed by atoms with Gasteiger partial charge < -0.3 is 18.6 Å². The molecule has 0 N–H and O–H groups in total. The Hall–Kier alpha value is -2.99. The van der Waals surface area contributed by atoms with E-state index in [-0.39, 0.29) is 12.4 Å². The fourth-order valence-corrected chi connectivity index (χ4v) is 2.93. The van der Waals surface area contributed by atoms with Gasteiger partial charge in [-0.05, 0) is 70.5 Å². The summed E-state index contributed by atoms with van der Waals surface area (Å²) in [5.74, 6) is 2.80. The third-order valence-electron chi connectivity index (χ3n) is 3.96. The van der Waals surface area contributed by atoms with Crippen molar-refractivity contribution >= 4 is 27.8 Å². The molecule has 0 saturated carbocycles. The van der Waals surface area contributed by atoms with Gasteiger partial charge in [0.2, 0.25) is 0 Å². The summed E-state index contributed by atoms with van der Waals surface area (Å²) in [6.07, 6.45) is 3.05. The van der Waals surface area contributed by atoms with E-state index in [1.807, 2.05) is 30.3 Å². The van der Waals surface area contributed by atoms with Crippen LogP contribution in [-0.4, -0.2) is 20.0 Å². The first-order valence-corrected chi connectivity index (χ1v) is 9.30. The van der Waals surface area contributed by atoms with Crippen molar-refractivity contribution in [1.82, 2.24) is 0 Å². The van der Waals surface area contributed by atoms with Crippen molar-refractivity contribution in [3.8, 4) is 17.2 Å². The Morgan fingerprint density at radius 1 is 1.04 bits per heavy atom.